The van der Waals surface area contributed by atoms with Crippen LogP contribution in [0.2, 0.25) is 0 Å². The van der Waals surface area contributed by atoms with Crippen LogP contribution in [0, 0.1) is 11.8 Å². The molecule has 4 atom stereocenters. The minimum atomic E-state index is -4.00. The summed E-state index contributed by atoms with van der Waals surface area (Å²) in [5, 5.41) is 26.5. The molecule has 180 valence electrons. The number of rotatable bonds is 6. The minimum Gasteiger partial charge on any atom is -0.387 e. The standard InChI is InChI=1S/C21H24N6O5S2/c1-2-33-15-6-4-3-5-12(15)7-8-13-10-27(20-16(13)19(22)24-11-25-20)21-18(29)17(28)14(32-21)9-26-34(23,30)31/h3-6,10-11,14,17-18,21,26,28-29H,2,9H2,1H3,(H2,22,24,25)(H2,23,30,31)/t14-,17-,18-,21-/m1/s1. The number of thioether (sulfide) groups is 1. The Balaban J connectivity index is 1.72. The summed E-state index contributed by atoms with van der Waals surface area (Å²) in [5.41, 5.74) is 7.84. The average molecular weight is 505 g/mol. The summed E-state index contributed by atoms with van der Waals surface area (Å²) < 4.78 is 31.8. The maximum absolute atomic E-state index is 11.2. The molecule has 0 unspecified atom stereocenters. The minimum absolute atomic E-state index is 0.199. The van der Waals surface area contributed by atoms with Crippen LogP contribution in [0.25, 0.3) is 11.0 Å². The van der Waals surface area contributed by atoms with Gasteiger partial charge in [-0.15, -0.1) is 11.8 Å². The first-order valence-corrected chi connectivity index (χ1v) is 12.9. The number of nitrogens with one attached hydrogen (secondary N) is 1. The van der Waals surface area contributed by atoms with Crippen molar-refractivity contribution in [3.63, 3.8) is 0 Å². The second-order valence-corrected chi connectivity index (χ2v) is 10.2. The smallest absolute Gasteiger partial charge is 0.274 e. The lowest BCUT2D eigenvalue weighted by Gasteiger charge is -2.17. The van der Waals surface area contributed by atoms with E-state index in [2.05, 4.69) is 33.5 Å². The van der Waals surface area contributed by atoms with Crippen molar-refractivity contribution in [2.75, 3.05) is 18.0 Å². The van der Waals surface area contributed by atoms with Gasteiger partial charge in [0.05, 0.1) is 10.9 Å². The zero-order valence-corrected chi connectivity index (χ0v) is 19.8. The fourth-order valence-electron chi connectivity index (χ4n) is 3.71. The first kappa shape index (κ1) is 24.4. The number of anilines is 1. The van der Waals surface area contributed by atoms with Crippen LogP contribution in [-0.2, 0) is 14.9 Å². The number of hydrogen-bond donors (Lipinski definition) is 5. The summed E-state index contributed by atoms with van der Waals surface area (Å²) >= 11 is 1.68. The lowest BCUT2D eigenvalue weighted by molar-refractivity contribution is -0.0327. The third-order valence-electron chi connectivity index (χ3n) is 5.25. The first-order chi connectivity index (χ1) is 16.2. The van der Waals surface area contributed by atoms with E-state index < -0.39 is 34.7 Å². The van der Waals surface area contributed by atoms with Crippen LogP contribution in [-0.4, -0.2) is 63.8 Å². The molecule has 0 radical (unpaired) electrons. The van der Waals surface area contributed by atoms with Gasteiger partial charge in [0.25, 0.3) is 10.2 Å². The maximum atomic E-state index is 11.2. The van der Waals surface area contributed by atoms with E-state index in [1.165, 1.54) is 10.9 Å². The Labute approximate surface area is 200 Å². The van der Waals surface area contributed by atoms with Crippen LogP contribution < -0.4 is 15.6 Å². The molecule has 4 rings (SSSR count). The molecule has 0 aliphatic carbocycles. The molecule has 13 heteroatoms. The van der Waals surface area contributed by atoms with Gasteiger partial charge in [0, 0.05) is 23.2 Å². The van der Waals surface area contributed by atoms with E-state index in [1.807, 2.05) is 24.3 Å². The van der Waals surface area contributed by atoms with Gasteiger partial charge < -0.3 is 25.3 Å². The molecule has 2 aromatic heterocycles. The molecule has 1 aromatic carbocycles. The predicted octanol–water partition coefficient (Wildman–Crippen LogP) is -0.0624. The van der Waals surface area contributed by atoms with E-state index in [9.17, 15) is 18.6 Å². The van der Waals surface area contributed by atoms with Gasteiger partial charge in [-0.05, 0) is 17.9 Å². The number of nitrogen functional groups attached to an aromatic ring is 1. The molecule has 34 heavy (non-hydrogen) atoms. The number of aliphatic hydroxyl groups is 2. The van der Waals surface area contributed by atoms with Gasteiger partial charge in [-0.3, -0.25) is 0 Å². The Bertz CT molecular complexity index is 1370. The summed E-state index contributed by atoms with van der Waals surface area (Å²) in [6.45, 7) is 1.75. The summed E-state index contributed by atoms with van der Waals surface area (Å²) in [6.07, 6.45) is -1.96. The van der Waals surface area contributed by atoms with Crippen molar-refractivity contribution in [2.24, 2.45) is 5.14 Å². The van der Waals surface area contributed by atoms with E-state index >= 15 is 0 Å². The Morgan fingerprint density at radius 1 is 1.21 bits per heavy atom. The van der Waals surface area contributed by atoms with E-state index in [-0.39, 0.29) is 12.4 Å². The van der Waals surface area contributed by atoms with E-state index in [0.717, 1.165) is 16.2 Å². The van der Waals surface area contributed by atoms with Crippen LogP contribution in [0.1, 0.15) is 24.3 Å². The molecule has 1 aliphatic heterocycles. The van der Waals surface area contributed by atoms with Gasteiger partial charge in [-0.25, -0.2) is 15.1 Å². The topological polar surface area (TPSA) is 179 Å². The number of hydrogen-bond acceptors (Lipinski definition) is 9. The Morgan fingerprint density at radius 2 is 1.94 bits per heavy atom. The van der Waals surface area contributed by atoms with Gasteiger partial charge in [-0.2, -0.15) is 13.1 Å². The number of ether oxygens (including phenoxy) is 1. The van der Waals surface area contributed by atoms with E-state index in [1.54, 1.807) is 18.0 Å². The highest BCUT2D eigenvalue weighted by molar-refractivity contribution is 7.99. The zero-order chi connectivity index (χ0) is 24.5. The lowest BCUT2D eigenvalue weighted by atomic mass is 10.1. The zero-order valence-electron chi connectivity index (χ0n) is 18.1. The van der Waals surface area contributed by atoms with Crippen molar-refractivity contribution in [3.8, 4) is 11.8 Å². The molecule has 0 saturated carbocycles. The first-order valence-electron chi connectivity index (χ1n) is 10.3. The number of nitrogens with zero attached hydrogens (tertiary/aromatic N) is 3. The maximum Gasteiger partial charge on any atom is 0.274 e. The fraction of sp³-hybridized carbons (Fsp3) is 0.333. The molecule has 0 spiro atoms. The quantitative estimate of drug-likeness (QED) is 0.227. The lowest BCUT2D eigenvalue weighted by Crippen LogP contribution is -2.42. The fourth-order valence-corrected chi connectivity index (χ4v) is 4.87. The molecule has 1 aliphatic rings. The van der Waals surface area contributed by atoms with Crippen molar-refractivity contribution in [3.05, 3.63) is 47.9 Å². The summed E-state index contributed by atoms with van der Waals surface area (Å²) in [6, 6.07) is 7.78. The molecule has 1 fully saturated rings. The number of benzene rings is 1. The van der Waals surface area contributed by atoms with Gasteiger partial charge in [0.1, 0.15) is 36.1 Å². The average Bonchev–Trinajstić information content (AvgIpc) is 3.30. The highest BCUT2D eigenvalue weighted by Gasteiger charge is 2.44. The SMILES string of the molecule is CCSc1ccccc1C#Cc1cn([C@@H]2O[C@H](CNS(N)(=O)=O)[C@@H](O)[C@H]2O)c2ncnc(N)c12. The molecular weight excluding hydrogens is 480 g/mol. The molecule has 3 heterocycles. The van der Waals surface area contributed by atoms with Crippen LogP contribution in [0.3, 0.4) is 0 Å². The molecule has 0 amide bonds. The molecular formula is C21H24N6O5S2. The molecule has 1 saturated heterocycles. The van der Waals surface area contributed by atoms with Gasteiger partial charge in [-0.1, -0.05) is 30.9 Å². The monoisotopic (exact) mass is 504 g/mol. The largest absolute Gasteiger partial charge is 0.387 e. The Kier molecular flexibility index (Phi) is 7.10. The number of nitrogens with two attached hydrogens (primary N) is 2. The van der Waals surface area contributed by atoms with Crippen LogP contribution in [0.4, 0.5) is 5.82 Å². The Morgan fingerprint density at radius 3 is 2.68 bits per heavy atom. The van der Waals surface area contributed by atoms with E-state index in [0.29, 0.717) is 16.6 Å². The second-order valence-electron chi connectivity index (χ2n) is 7.53. The molecule has 3 aromatic rings. The predicted molar refractivity (Wildman–Crippen MR) is 128 cm³/mol. The highest BCUT2D eigenvalue weighted by Crippen LogP contribution is 2.34. The molecule has 0 bridgehead atoms. The second kappa shape index (κ2) is 9.88. The van der Waals surface area contributed by atoms with Crippen molar-refractivity contribution in [1.29, 1.82) is 0 Å². The highest BCUT2D eigenvalue weighted by atomic mass is 32.2. The summed E-state index contributed by atoms with van der Waals surface area (Å²) in [5.74, 6) is 7.38. The summed E-state index contributed by atoms with van der Waals surface area (Å²) in [4.78, 5) is 9.38. The van der Waals surface area contributed by atoms with Gasteiger partial charge in [0.15, 0.2) is 6.23 Å². The number of aromatic nitrogens is 3. The third kappa shape index (κ3) is 5.03. The van der Waals surface area contributed by atoms with Gasteiger partial charge >= 0.3 is 0 Å². The van der Waals surface area contributed by atoms with Gasteiger partial charge in [0.2, 0.25) is 0 Å². The van der Waals surface area contributed by atoms with Crippen molar-refractivity contribution < 1.29 is 23.4 Å². The van der Waals surface area contributed by atoms with Crippen LogP contribution >= 0.6 is 11.8 Å². The van der Waals surface area contributed by atoms with Crippen LogP contribution in [0.15, 0.2) is 41.7 Å². The summed E-state index contributed by atoms with van der Waals surface area (Å²) in [7, 11) is -4.00. The Hall–Kier alpha value is -2.70. The molecule has 7 N–H and O–H groups in total. The third-order valence-corrected chi connectivity index (χ3v) is 6.78. The number of aliphatic hydroxyl groups excluding tert-OH is 2. The van der Waals surface area contributed by atoms with Crippen molar-refractivity contribution in [2.45, 2.75) is 36.4 Å². The molecule has 11 nitrogen and oxygen atoms in total. The van der Waals surface area contributed by atoms with Crippen LogP contribution in [0.5, 0.6) is 0 Å². The van der Waals surface area contributed by atoms with E-state index in [4.69, 9.17) is 15.6 Å². The number of fused-ring (bicyclic) bond motifs is 1. The normalized spacial score (nSPS) is 22.6. The van der Waals surface area contributed by atoms with Crippen molar-refractivity contribution in [1.82, 2.24) is 19.3 Å². The van der Waals surface area contributed by atoms with Crippen molar-refractivity contribution >= 4 is 38.8 Å².